The first-order valence-corrected chi connectivity index (χ1v) is 13.0. The van der Waals surface area contributed by atoms with Gasteiger partial charge in [-0.1, -0.05) is 42.5 Å². The lowest BCUT2D eigenvalue weighted by atomic mass is 9.99. The van der Waals surface area contributed by atoms with Gasteiger partial charge in [0, 0.05) is 43.7 Å². The summed E-state index contributed by atoms with van der Waals surface area (Å²) in [4.78, 5) is 33.7. The Morgan fingerprint density at radius 3 is 2.72 bits per heavy atom. The third-order valence-electron chi connectivity index (χ3n) is 7.39. The minimum absolute atomic E-state index is 0.0117. The number of aromatic nitrogens is 5. The van der Waals surface area contributed by atoms with Gasteiger partial charge in [0.05, 0.1) is 18.6 Å². The number of Topliss-reactive ketones (excluding diaryl/α,β-unsaturated/α-hetero) is 1. The zero-order chi connectivity index (χ0) is 27.1. The van der Waals surface area contributed by atoms with E-state index >= 15 is 0 Å². The monoisotopic (exact) mass is 522 g/mol. The molecule has 0 aliphatic carbocycles. The van der Waals surface area contributed by atoms with Crippen molar-refractivity contribution in [3.05, 3.63) is 78.4 Å². The molecular weight excluding hydrogens is 492 g/mol. The first-order valence-electron chi connectivity index (χ1n) is 13.0. The summed E-state index contributed by atoms with van der Waals surface area (Å²) >= 11 is 0. The second-order valence-electron chi connectivity index (χ2n) is 10.3. The molecule has 1 unspecified atom stereocenters. The first-order chi connectivity index (χ1) is 18.9. The number of carbonyl (C=O) groups is 2. The van der Waals surface area contributed by atoms with Crippen LogP contribution in [0.5, 0.6) is 0 Å². The predicted molar refractivity (Wildman–Crippen MR) is 149 cm³/mol. The third-order valence-corrected chi connectivity index (χ3v) is 7.39. The number of carbonyl (C=O) groups excluding carboxylic acids is 2. The smallest absolute Gasteiger partial charge is 0.236 e. The number of likely N-dealkylation sites (tertiary alicyclic amines) is 1. The summed E-state index contributed by atoms with van der Waals surface area (Å²) in [6.07, 6.45) is 4.09. The fourth-order valence-electron chi connectivity index (χ4n) is 5.28. The molecule has 2 aromatic carbocycles. The maximum Gasteiger partial charge on any atom is 0.236 e. The highest BCUT2D eigenvalue weighted by Gasteiger charge is 2.32. The molecule has 10 heteroatoms. The third kappa shape index (κ3) is 4.74. The van der Waals surface area contributed by atoms with Gasteiger partial charge >= 0.3 is 0 Å². The number of hydrogen-bond donors (Lipinski definition) is 1. The number of benzene rings is 2. The van der Waals surface area contributed by atoms with Gasteiger partial charge in [0.25, 0.3) is 0 Å². The fraction of sp³-hybridized carbons (Fsp3) is 0.276. The Bertz CT molecular complexity index is 1690. The number of hydrogen-bond acceptors (Lipinski definition) is 7. The van der Waals surface area contributed by atoms with Crippen LogP contribution in [0.15, 0.2) is 67.1 Å². The molecule has 1 aliphatic rings. The Kier molecular flexibility index (Phi) is 6.32. The lowest BCUT2D eigenvalue weighted by molar-refractivity contribution is -0.129. The van der Waals surface area contributed by atoms with Crippen molar-refractivity contribution in [3.8, 4) is 11.1 Å². The highest BCUT2D eigenvalue weighted by molar-refractivity contribution is 6.03. The second-order valence-corrected chi connectivity index (χ2v) is 10.3. The van der Waals surface area contributed by atoms with Gasteiger partial charge in [-0.15, -0.1) is 0 Å². The van der Waals surface area contributed by atoms with Crippen LogP contribution in [0.2, 0.25) is 0 Å². The number of likely N-dealkylation sites (N-methyl/N-ethyl adjacent to an activating group) is 1. The van der Waals surface area contributed by atoms with E-state index in [1.54, 1.807) is 23.5 Å². The van der Waals surface area contributed by atoms with Gasteiger partial charge in [0.1, 0.15) is 17.5 Å². The van der Waals surface area contributed by atoms with Crippen LogP contribution in [0.3, 0.4) is 0 Å². The van der Waals surface area contributed by atoms with Crippen molar-refractivity contribution >= 4 is 33.9 Å². The van der Waals surface area contributed by atoms with Crippen LogP contribution in [0.25, 0.3) is 27.5 Å². The van der Waals surface area contributed by atoms with Crippen LogP contribution < -0.4 is 5.73 Å². The van der Waals surface area contributed by atoms with E-state index in [0.717, 1.165) is 22.0 Å². The molecule has 1 amide bonds. The summed E-state index contributed by atoms with van der Waals surface area (Å²) in [7, 11) is 3.48. The second kappa shape index (κ2) is 9.95. The normalized spacial score (nSPS) is 15.8. The minimum Gasteiger partial charge on any atom is -0.382 e. The molecule has 198 valence electrons. The Labute approximate surface area is 225 Å². The largest absolute Gasteiger partial charge is 0.382 e. The van der Waals surface area contributed by atoms with E-state index in [1.807, 2.05) is 58.2 Å². The minimum atomic E-state index is -0.224. The first kappa shape index (κ1) is 24.7. The lowest BCUT2D eigenvalue weighted by Gasteiger charge is -2.18. The SMILES string of the molecule is CN(C)C(=O)CN1CCC(C(=O)c2cc(-c3ccc4cn(Cc5ccccc5)nc4c3)c3c(N)ncnn23)C1. The van der Waals surface area contributed by atoms with E-state index in [-0.39, 0.29) is 17.6 Å². The molecule has 6 rings (SSSR count). The topological polar surface area (TPSA) is 115 Å². The van der Waals surface area contributed by atoms with Crippen LogP contribution in [0.4, 0.5) is 5.82 Å². The van der Waals surface area contributed by atoms with Crippen molar-refractivity contribution in [2.75, 3.05) is 39.5 Å². The summed E-state index contributed by atoms with van der Waals surface area (Å²) in [5.74, 6) is 0.0969. The number of fused-ring (bicyclic) bond motifs is 2. The summed E-state index contributed by atoms with van der Waals surface area (Å²) in [5.41, 5.74) is 11.1. The molecule has 5 aromatic rings. The zero-order valence-corrected chi connectivity index (χ0v) is 22.0. The molecule has 39 heavy (non-hydrogen) atoms. The van der Waals surface area contributed by atoms with Gasteiger partial charge < -0.3 is 10.6 Å². The molecule has 10 nitrogen and oxygen atoms in total. The fourth-order valence-corrected chi connectivity index (χ4v) is 5.28. The number of nitrogens with zero attached hydrogens (tertiary/aromatic N) is 7. The van der Waals surface area contributed by atoms with Crippen molar-refractivity contribution in [1.29, 1.82) is 0 Å². The van der Waals surface area contributed by atoms with E-state index in [9.17, 15) is 9.59 Å². The van der Waals surface area contributed by atoms with Crippen LogP contribution >= 0.6 is 0 Å². The molecule has 1 atom stereocenters. The maximum atomic E-state index is 13.7. The number of anilines is 1. The van der Waals surface area contributed by atoms with E-state index in [4.69, 9.17) is 10.8 Å². The van der Waals surface area contributed by atoms with Gasteiger partial charge in [0.2, 0.25) is 5.91 Å². The molecule has 3 aromatic heterocycles. The molecule has 1 aliphatic heterocycles. The summed E-state index contributed by atoms with van der Waals surface area (Å²) in [5, 5.41) is 10.2. The Morgan fingerprint density at radius 1 is 1.10 bits per heavy atom. The van der Waals surface area contributed by atoms with Gasteiger partial charge in [-0.2, -0.15) is 10.2 Å². The highest BCUT2D eigenvalue weighted by Crippen LogP contribution is 2.33. The van der Waals surface area contributed by atoms with Crippen molar-refractivity contribution in [3.63, 3.8) is 0 Å². The molecule has 4 heterocycles. The molecule has 2 N–H and O–H groups in total. The van der Waals surface area contributed by atoms with Crippen molar-refractivity contribution < 1.29 is 9.59 Å². The number of ketones is 1. The quantitative estimate of drug-likeness (QED) is 0.327. The molecule has 0 bridgehead atoms. The van der Waals surface area contributed by atoms with Gasteiger partial charge in [-0.25, -0.2) is 9.50 Å². The number of nitrogens with two attached hydrogens (primary N) is 1. The summed E-state index contributed by atoms with van der Waals surface area (Å²) < 4.78 is 3.53. The molecule has 0 saturated carbocycles. The van der Waals surface area contributed by atoms with E-state index in [2.05, 4.69) is 22.2 Å². The average molecular weight is 523 g/mol. The molecule has 0 radical (unpaired) electrons. The van der Waals surface area contributed by atoms with Crippen LogP contribution in [-0.2, 0) is 11.3 Å². The molecule has 1 saturated heterocycles. The maximum absolute atomic E-state index is 13.7. The van der Waals surface area contributed by atoms with E-state index in [0.29, 0.717) is 49.6 Å². The van der Waals surface area contributed by atoms with Crippen LogP contribution in [0.1, 0.15) is 22.5 Å². The van der Waals surface area contributed by atoms with Gasteiger partial charge in [0.15, 0.2) is 11.6 Å². The average Bonchev–Trinajstić information content (AvgIpc) is 3.65. The van der Waals surface area contributed by atoms with E-state index < -0.39 is 0 Å². The van der Waals surface area contributed by atoms with Crippen molar-refractivity contribution in [2.24, 2.45) is 5.92 Å². The number of nitrogen functional groups attached to an aromatic ring is 1. The van der Waals surface area contributed by atoms with Gasteiger partial charge in [-0.3, -0.25) is 19.2 Å². The Morgan fingerprint density at radius 2 is 1.92 bits per heavy atom. The Hall–Kier alpha value is -4.57. The molecular formula is C29H30N8O2. The zero-order valence-electron chi connectivity index (χ0n) is 22.0. The number of amides is 1. The standard InChI is InChI=1S/C29H30N8O2/c1-34(2)26(38)17-35-11-10-22(15-35)28(39)25-13-23(27-29(30)31-18-32-37(25)27)20-8-9-21-16-36(33-24(21)12-20)14-19-6-4-3-5-7-19/h3-9,12-13,16,18,22H,10-11,14-15,17H2,1-2H3,(H2,30,31,32). The van der Waals surface area contributed by atoms with Gasteiger partial charge in [-0.05, 0) is 36.2 Å². The van der Waals surface area contributed by atoms with Crippen molar-refractivity contribution in [2.45, 2.75) is 13.0 Å². The summed E-state index contributed by atoms with van der Waals surface area (Å²) in [6, 6.07) is 18.1. The van der Waals surface area contributed by atoms with Crippen LogP contribution in [0, 0.1) is 5.92 Å². The number of rotatable bonds is 7. The summed E-state index contributed by atoms with van der Waals surface area (Å²) in [6.45, 7) is 2.22. The van der Waals surface area contributed by atoms with Crippen molar-refractivity contribution in [1.82, 2.24) is 34.2 Å². The molecule has 0 spiro atoms. The lowest BCUT2D eigenvalue weighted by Crippen LogP contribution is -2.35. The van der Waals surface area contributed by atoms with E-state index in [1.165, 1.54) is 11.9 Å². The predicted octanol–water partition coefficient (Wildman–Crippen LogP) is 2.97. The molecule has 1 fully saturated rings. The highest BCUT2D eigenvalue weighted by atomic mass is 16.2. The Balaban J connectivity index is 1.32. The van der Waals surface area contributed by atoms with Crippen LogP contribution in [-0.4, -0.2) is 79.6 Å².